The average molecular weight is 429 g/mol. The fourth-order valence-corrected chi connectivity index (χ4v) is 4.60. The van der Waals surface area contributed by atoms with E-state index in [1.165, 1.54) is 17.3 Å². The Balaban J connectivity index is 1.40. The molecule has 2 heterocycles. The summed E-state index contributed by atoms with van der Waals surface area (Å²) in [5, 5.41) is 3.75. The van der Waals surface area contributed by atoms with Crippen LogP contribution in [0.3, 0.4) is 0 Å². The van der Waals surface area contributed by atoms with Crippen molar-refractivity contribution in [1.82, 2.24) is 4.90 Å². The zero-order valence-corrected chi connectivity index (χ0v) is 17.8. The number of amides is 2. The predicted molar refractivity (Wildman–Crippen MR) is 118 cm³/mol. The van der Waals surface area contributed by atoms with E-state index in [0.717, 1.165) is 16.9 Å². The number of anilines is 2. The number of carbonyl (C=O) groups is 2. The first kappa shape index (κ1) is 19.8. The molecular formula is C21H21ClN4O2S. The largest absolute Gasteiger partial charge is 0.334 e. The number of fused-ring (bicyclic) bond motifs is 1. The first-order valence-electron chi connectivity index (χ1n) is 9.31. The quantitative estimate of drug-likeness (QED) is 0.798. The zero-order valence-electron chi connectivity index (χ0n) is 16.2. The minimum Gasteiger partial charge on any atom is -0.334 e. The summed E-state index contributed by atoms with van der Waals surface area (Å²) >= 11 is 7.44. The third kappa shape index (κ3) is 4.26. The highest BCUT2D eigenvalue weighted by atomic mass is 35.5. The van der Waals surface area contributed by atoms with Crippen LogP contribution in [0.5, 0.6) is 0 Å². The monoisotopic (exact) mass is 428 g/mol. The van der Waals surface area contributed by atoms with Gasteiger partial charge in [0.1, 0.15) is 18.6 Å². The van der Waals surface area contributed by atoms with Gasteiger partial charge in [-0.1, -0.05) is 35.5 Å². The van der Waals surface area contributed by atoms with E-state index in [-0.39, 0.29) is 18.2 Å². The van der Waals surface area contributed by atoms with Gasteiger partial charge in [0, 0.05) is 22.8 Å². The first-order chi connectivity index (χ1) is 13.9. The van der Waals surface area contributed by atoms with Crippen LogP contribution in [0.1, 0.15) is 17.5 Å². The van der Waals surface area contributed by atoms with Crippen LogP contribution < -0.4 is 10.2 Å². The summed E-state index contributed by atoms with van der Waals surface area (Å²) in [6, 6.07) is 13.3. The molecule has 29 heavy (non-hydrogen) atoms. The molecule has 2 amide bonds. The van der Waals surface area contributed by atoms with Crippen molar-refractivity contribution in [3.63, 3.8) is 0 Å². The molecule has 2 aromatic rings. The summed E-state index contributed by atoms with van der Waals surface area (Å²) in [4.78, 5) is 33.5. The zero-order chi connectivity index (χ0) is 20.5. The van der Waals surface area contributed by atoms with Crippen molar-refractivity contribution >= 4 is 51.7 Å². The van der Waals surface area contributed by atoms with Crippen LogP contribution in [0.2, 0.25) is 5.02 Å². The lowest BCUT2D eigenvalue weighted by Gasteiger charge is -2.32. The van der Waals surface area contributed by atoms with Crippen LogP contribution in [0.4, 0.5) is 11.4 Å². The lowest BCUT2D eigenvalue weighted by atomic mass is 10.1. The van der Waals surface area contributed by atoms with E-state index < -0.39 is 5.25 Å². The van der Waals surface area contributed by atoms with Crippen molar-refractivity contribution in [3.05, 3.63) is 58.6 Å². The molecule has 0 aromatic heterocycles. The molecule has 150 valence electrons. The molecule has 0 radical (unpaired) electrons. The van der Waals surface area contributed by atoms with Crippen molar-refractivity contribution in [1.29, 1.82) is 0 Å². The van der Waals surface area contributed by atoms with Crippen LogP contribution in [0, 0.1) is 13.8 Å². The lowest BCUT2D eigenvalue weighted by Crippen LogP contribution is -2.46. The number of amidine groups is 1. The molecule has 1 N–H and O–H groups in total. The van der Waals surface area contributed by atoms with Crippen molar-refractivity contribution in [2.45, 2.75) is 25.5 Å². The Kier molecular flexibility index (Phi) is 5.52. The van der Waals surface area contributed by atoms with Crippen molar-refractivity contribution in [2.24, 2.45) is 4.99 Å². The minimum absolute atomic E-state index is 0.0873. The SMILES string of the molecule is Cc1ccc(NC(=O)CC2SC3=NCN(c4cccc(Cl)c4)CN3C2=O)cc1C. The van der Waals surface area contributed by atoms with Gasteiger partial charge in [-0.2, -0.15) is 0 Å². The van der Waals surface area contributed by atoms with Crippen molar-refractivity contribution < 1.29 is 9.59 Å². The summed E-state index contributed by atoms with van der Waals surface area (Å²) in [6.07, 6.45) is 0.114. The van der Waals surface area contributed by atoms with Gasteiger partial charge in [0.25, 0.3) is 0 Å². The maximum absolute atomic E-state index is 12.9. The standard InChI is InChI=1S/C21H21ClN4O2S/c1-13-6-7-16(8-14(13)2)24-19(27)10-18-20(28)26-12-25(11-23-21(26)29-18)17-5-3-4-15(22)9-17/h3-9,18H,10-12H2,1-2H3,(H,24,27). The number of hydrogen-bond donors (Lipinski definition) is 1. The summed E-state index contributed by atoms with van der Waals surface area (Å²) in [5.41, 5.74) is 3.94. The predicted octanol–water partition coefficient (Wildman–Crippen LogP) is 4.02. The van der Waals surface area contributed by atoms with E-state index >= 15 is 0 Å². The maximum atomic E-state index is 12.9. The number of aliphatic imine (C=N–C) groups is 1. The second-order valence-corrected chi connectivity index (χ2v) is 8.77. The third-order valence-corrected chi connectivity index (χ3v) is 6.49. The molecule has 2 aliphatic rings. The number of nitrogens with one attached hydrogen (secondary N) is 1. The Morgan fingerprint density at radius 2 is 2.07 bits per heavy atom. The molecule has 0 spiro atoms. The second kappa shape index (κ2) is 8.08. The lowest BCUT2D eigenvalue weighted by molar-refractivity contribution is -0.128. The van der Waals surface area contributed by atoms with Gasteiger partial charge < -0.3 is 10.2 Å². The number of carbonyl (C=O) groups excluding carboxylic acids is 2. The number of hydrogen-bond acceptors (Lipinski definition) is 5. The summed E-state index contributed by atoms with van der Waals surface area (Å²) in [7, 11) is 0. The number of rotatable bonds is 4. The van der Waals surface area contributed by atoms with E-state index in [2.05, 4.69) is 10.3 Å². The Labute approximate surface area is 178 Å². The molecule has 1 atom stereocenters. The van der Waals surface area contributed by atoms with Crippen LogP contribution in [0.15, 0.2) is 47.5 Å². The molecular weight excluding hydrogens is 408 g/mol. The van der Waals surface area contributed by atoms with Crippen LogP contribution >= 0.6 is 23.4 Å². The van der Waals surface area contributed by atoms with Crippen LogP contribution in [-0.4, -0.2) is 40.5 Å². The van der Waals surface area contributed by atoms with Crippen LogP contribution in [0.25, 0.3) is 0 Å². The number of halogens is 1. The molecule has 1 unspecified atom stereocenters. The summed E-state index contributed by atoms with van der Waals surface area (Å²) in [6.45, 7) is 4.88. The molecule has 2 aromatic carbocycles. The minimum atomic E-state index is -0.459. The maximum Gasteiger partial charge on any atom is 0.244 e. The van der Waals surface area contributed by atoms with E-state index in [0.29, 0.717) is 23.5 Å². The molecule has 6 nitrogen and oxygen atoms in total. The number of thioether (sulfide) groups is 1. The topological polar surface area (TPSA) is 65.0 Å². The highest BCUT2D eigenvalue weighted by Crippen LogP contribution is 2.33. The average Bonchev–Trinajstić information content (AvgIpc) is 2.99. The Bertz CT molecular complexity index is 1010. The van der Waals surface area contributed by atoms with Gasteiger partial charge in [0.15, 0.2) is 5.17 Å². The molecule has 2 aliphatic heterocycles. The molecule has 8 heteroatoms. The highest BCUT2D eigenvalue weighted by Gasteiger charge is 2.41. The van der Waals surface area contributed by atoms with Crippen LogP contribution in [-0.2, 0) is 9.59 Å². The number of nitrogens with zero attached hydrogens (tertiary/aromatic N) is 3. The third-order valence-electron chi connectivity index (χ3n) is 5.04. The highest BCUT2D eigenvalue weighted by molar-refractivity contribution is 8.15. The van der Waals surface area contributed by atoms with Gasteiger partial charge >= 0.3 is 0 Å². The normalized spacial score (nSPS) is 18.5. The fraction of sp³-hybridized carbons (Fsp3) is 0.286. The van der Waals surface area contributed by atoms with Gasteiger partial charge in [0.05, 0.1) is 0 Å². The number of aryl methyl sites for hydroxylation is 2. The first-order valence-corrected chi connectivity index (χ1v) is 10.6. The molecule has 0 bridgehead atoms. The van der Waals surface area contributed by atoms with Crippen molar-refractivity contribution in [3.8, 4) is 0 Å². The van der Waals surface area contributed by atoms with Gasteiger partial charge in [-0.25, -0.2) is 4.99 Å². The molecule has 0 aliphatic carbocycles. The molecule has 1 fully saturated rings. The van der Waals surface area contributed by atoms with Gasteiger partial charge in [0.2, 0.25) is 11.8 Å². The Morgan fingerprint density at radius 3 is 2.83 bits per heavy atom. The summed E-state index contributed by atoms with van der Waals surface area (Å²) in [5.74, 6) is -0.262. The molecule has 1 saturated heterocycles. The Hall–Kier alpha value is -2.51. The van der Waals surface area contributed by atoms with Crippen molar-refractivity contribution in [2.75, 3.05) is 23.6 Å². The van der Waals surface area contributed by atoms with Gasteiger partial charge in [-0.05, 0) is 55.3 Å². The number of benzene rings is 2. The van der Waals surface area contributed by atoms with E-state index in [9.17, 15) is 9.59 Å². The second-order valence-electron chi connectivity index (χ2n) is 7.17. The van der Waals surface area contributed by atoms with E-state index in [1.54, 1.807) is 4.90 Å². The molecule has 4 rings (SSSR count). The Morgan fingerprint density at radius 1 is 1.24 bits per heavy atom. The van der Waals surface area contributed by atoms with E-state index in [1.807, 2.05) is 61.2 Å². The van der Waals surface area contributed by atoms with Gasteiger partial charge in [-0.15, -0.1) is 0 Å². The smallest absolute Gasteiger partial charge is 0.244 e. The van der Waals surface area contributed by atoms with E-state index in [4.69, 9.17) is 11.6 Å². The van der Waals surface area contributed by atoms with Gasteiger partial charge in [-0.3, -0.25) is 14.5 Å². The fourth-order valence-electron chi connectivity index (χ4n) is 3.29. The summed E-state index contributed by atoms with van der Waals surface area (Å²) < 4.78 is 0. The molecule has 0 saturated carbocycles.